The van der Waals surface area contributed by atoms with E-state index in [4.69, 9.17) is 9.47 Å². The summed E-state index contributed by atoms with van der Waals surface area (Å²) >= 11 is 0. The number of nitrogens with one attached hydrogen (secondary N) is 1. The fourth-order valence-electron chi connectivity index (χ4n) is 2.31. The first-order valence-electron chi connectivity index (χ1n) is 6.51. The van der Waals surface area contributed by atoms with Crippen molar-refractivity contribution in [2.75, 3.05) is 21.3 Å². The van der Waals surface area contributed by atoms with Crippen LogP contribution in [0.2, 0.25) is 0 Å². The Bertz CT molecular complexity index is 584. The lowest BCUT2D eigenvalue weighted by Gasteiger charge is -2.20. The lowest BCUT2D eigenvalue weighted by Crippen LogP contribution is -2.18. The maximum Gasteiger partial charge on any atom is 0.127 e. The molecule has 0 saturated carbocycles. The fraction of sp³-hybridized carbons (Fsp3) is 0.312. The Morgan fingerprint density at radius 1 is 1.10 bits per heavy atom. The van der Waals surface area contributed by atoms with Gasteiger partial charge in [0, 0.05) is 23.5 Å². The molecular weight excluding hydrogens is 252 g/mol. The number of hydrogen-bond donors (Lipinski definition) is 1. The number of hydrogen-bond acceptors (Lipinski definition) is 4. The second kappa shape index (κ2) is 6.39. The van der Waals surface area contributed by atoms with Crippen LogP contribution < -0.4 is 14.8 Å². The Hall–Kier alpha value is -2.07. The molecule has 0 fully saturated rings. The molecule has 2 aromatic rings. The average Bonchev–Trinajstić information content (AvgIpc) is 2.48. The van der Waals surface area contributed by atoms with Gasteiger partial charge in [0.25, 0.3) is 0 Å². The molecule has 1 heterocycles. The summed E-state index contributed by atoms with van der Waals surface area (Å²) in [5.74, 6) is 1.59. The van der Waals surface area contributed by atoms with Crippen molar-refractivity contribution < 1.29 is 9.47 Å². The number of aryl methyl sites for hydroxylation is 1. The molecule has 0 spiro atoms. The third-order valence-electron chi connectivity index (χ3n) is 3.29. The number of methoxy groups -OCH3 is 2. The Morgan fingerprint density at radius 2 is 1.90 bits per heavy atom. The molecule has 2 rings (SSSR count). The molecule has 0 radical (unpaired) electrons. The van der Waals surface area contributed by atoms with Crippen molar-refractivity contribution in [3.05, 3.63) is 53.3 Å². The molecule has 0 bridgehead atoms. The minimum absolute atomic E-state index is 0.0533. The van der Waals surface area contributed by atoms with Crippen molar-refractivity contribution in [3.8, 4) is 11.5 Å². The van der Waals surface area contributed by atoms with Gasteiger partial charge in [-0.2, -0.15) is 0 Å². The number of rotatable bonds is 5. The highest BCUT2D eigenvalue weighted by Gasteiger charge is 2.17. The molecule has 1 aromatic carbocycles. The standard InChI is InChI=1S/C16H20N2O2/c1-11-9-12(7-8-18-11)16(17-2)14-6-5-13(19-3)10-15(14)20-4/h5-10,16-17H,1-4H3. The van der Waals surface area contributed by atoms with E-state index in [-0.39, 0.29) is 6.04 Å². The molecule has 1 N–H and O–H groups in total. The lowest BCUT2D eigenvalue weighted by atomic mass is 9.98. The Labute approximate surface area is 119 Å². The van der Waals surface area contributed by atoms with Gasteiger partial charge in [-0.1, -0.05) is 0 Å². The van der Waals surface area contributed by atoms with Gasteiger partial charge >= 0.3 is 0 Å². The molecule has 0 aliphatic rings. The SMILES string of the molecule is CNC(c1ccnc(C)c1)c1ccc(OC)cc1OC. The quantitative estimate of drug-likeness (QED) is 0.909. The van der Waals surface area contributed by atoms with Crippen molar-refractivity contribution in [2.45, 2.75) is 13.0 Å². The Morgan fingerprint density at radius 3 is 2.50 bits per heavy atom. The van der Waals surface area contributed by atoms with Gasteiger partial charge < -0.3 is 14.8 Å². The van der Waals surface area contributed by atoms with Gasteiger partial charge in [-0.05, 0) is 43.8 Å². The van der Waals surface area contributed by atoms with Crippen LogP contribution >= 0.6 is 0 Å². The molecule has 4 heteroatoms. The highest BCUT2D eigenvalue weighted by molar-refractivity contribution is 5.46. The van der Waals surface area contributed by atoms with Gasteiger partial charge in [0.15, 0.2) is 0 Å². The second-order valence-electron chi connectivity index (χ2n) is 4.56. The summed E-state index contributed by atoms with van der Waals surface area (Å²) < 4.78 is 10.7. The molecule has 0 amide bonds. The summed E-state index contributed by atoms with van der Waals surface area (Å²) in [7, 11) is 5.25. The van der Waals surface area contributed by atoms with Gasteiger partial charge in [-0.25, -0.2) is 0 Å². The fourth-order valence-corrected chi connectivity index (χ4v) is 2.31. The smallest absolute Gasteiger partial charge is 0.127 e. The van der Waals surface area contributed by atoms with E-state index >= 15 is 0 Å². The molecule has 0 saturated heterocycles. The molecule has 0 aliphatic heterocycles. The summed E-state index contributed by atoms with van der Waals surface area (Å²) in [4.78, 5) is 4.24. The summed E-state index contributed by atoms with van der Waals surface area (Å²) in [5, 5.41) is 3.33. The van der Waals surface area contributed by atoms with Crippen molar-refractivity contribution in [1.82, 2.24) is 10.3 Å². The molecular formula is C16H20N2O2. The number of ether oxygens (including phenoxy) is 2. The van der Waals surface area contributed by atoms with Crippen molar-refractivity contribution in [1.29, 1.82) is 0 Å². The molecule has 1 unspecified atom stereocenters. The highest BCUT2D eigenvalue weighted by Crippen LogP contribution is 2.32. The van der Waals surface area contributed by atoms with Gasteiger partial charge in [-0.15, -0.1) is 0 Å². The van der Waals surface area contributed by atoms with Crippen LogP contribution in [0.5, 0.6) is 11.5 Å². The monoisotopic (exact) mass is 272 g/mol. The number of pyridine rings is 1. The van der Waals surface area contributed by atoms with Crippen LogP contribution in [0.1, 0.15) is 22.9 Å². The second-order valence-corrected chi connectivity index (χ2v) is 4.56. The molecule has 1 atom stereocenters. The van der Waals surface area contributed by atoms with Crippen LogP contribution in [-0.4, -0.2) is 26.3 Å². The van der Waals surface area contributed by atoms with Crippen LogP contribution in [-0.2, 0) is 0 Å². The molecule has 0 aliphatic carbocycles. The van der Waals surface area contributed by atoms with E-state index in [0.717, 1.165) is 28.3 Å². The summed E-state index contributed by atoms with van der Waals surface area (Å²) in [6, 6.07) is 10.00. The maximum atomic E-state index is 5.49. The zero-order valence-electron chi connectivity index (χ0n) is 12.3. The van der Waals surface area contributed by atoms with Crippen LogP contribution in [0.15, 0.2) is 36.5 Å². The largest absolute Gasteiger partial charge is 0.497 e. The number of benzene rings is 1. The van der Waals surface area contributed by atoms with Crippen LogP contribution in [0, 0.1) is 6.92 Å². The third-order valence-corrected chi connectivity index (χ3v) is 3.29. The van der Waals surface area contributed by atoms with E-state index in [9.17, 15) is 0 Å². The number of aromatic nitrogens is 1. The predicted octanol–water partition coefficient (Wildman–Crippen LogP) is 2.72. The predicted molar refractivity (Wildman–Crippen MR) is 79.4 cm³/mol. The van der Waals surface area contributed by atoms with E-state index in [1.165, 1.54) is 0 Å². The van der Waals surface area contributed by atoms with Crippen molar-refractivity contribution in [3.63, 3.8) is 0 Å². The minimum Gasteiger partial charge on any atom is -0.497 e. The lowest BCUT2D eigenvalue weighted by molar-refractivity contribution is 0.388. The normalized spacial score (nSPS) is 12.0. The third kappa shape index (κ3) is 2.91. The highest BCUT2D eigenvalue weighted by atomic mass is 16.5. The first-order chi connectivity index (χ1) is 9.69. The van der Waals surface area contributed by atoms with Gasteiger partial charge in [0.2, 0.25) is 0 Å². The average molecular weight is 272 g/mol. The van der Waals surface area contributed by atoms with E-state index < -0.39 is 0 Å². The molecule has 1 aromatic heterocycles. The molecule has 4 nitrogen and oxygen atoms in total. The first kappa shape index (κ1) is 14.3. The van der Waals surface area contributed by atoms with E-state index in [2.05, 4.69) is 16.4 Å². The van der Waals surface area contributed by atoms with Gasteiger partial charge in [0.05, 0.1) is 20.3 Å². The zero-order chi connectivity index (χ0) is 14.5. The van der Waals surface area contributed by atoms with Gasteiger partial charge in [-0.3, -0.25) is 4.98 Å². The number of nitrogens with zero attached hydrogens (tertiary/aromatic N) is 1. The summed E-state index contributed by atoms with van der Waals surface area (Å²) in [6.45, 7) is 1.99. The topological polar surface area (TPSA) is 43.4 Å². The summed E-state index contributed by atoms with van der Waals surface area (Å²) in [5.41, 5.74) is 3.22. The van der Waals surface area contributed by atoms with E-state index in [1.807, 2.05) is 44.4 Å². The Kier molecular flexibility index (Phi) is 4.58. The first-order valence-corrected chi connectivity index (χ1v) is 6.51. The molecule has 20 heavy (non-hydrogen) atoms. The minimum atomic E-state index is 0.0533. The zero-order valence-corrected chi connectivity index (χ0v) is 12.3. The maximum absolute atomic E-state index is 5.49. The van der Waals surface area contributed by atoms with Gasteiger partial charge in [0.1, 0.15) is 11.5 Å². The van der Waals surface area contributed by atoms with Crippen LogP contribution in [0.4, 0.5) is 0 Å². The Balaban J connectivity index is 2.46. The van der Waals surface area contributed by atoms with Crippen molar-refractivity contribution in [2.24, 2.45) is 0 Å². The van der Waals surface area contributed by atoms with Crippen LogP contribution in [0.25, 0.3) is 0 Å². The van der Waals surface area contributed by atoms with Crippen molar-refractivity contribution >= 4 is 0 Å². The summed E-state index contributed by atoms with van der Waals surface area (Å²) in [6.07, 6.45) is 1.82. The van der Waals surface area contributed by atoms with Crippen LogP contribution in [0.3, 0.4) is 0 Å². The van der Waals surface area contributed by atoms with E-state index in [1.54, 1.807) is 14.2 Å². The molecule has 106 valence electrons. The van der Waals surface area contributed by atoms with E-state index in [0.29, 0.717) is 0 Å².